The summed E-state index contributed by atoms with van der Waals surface area (Å²) in [5.74, 6) is -0.330. The number of aryl methyl sites for hydroxylation is 1. The highest BCUT2D eigenvalue weighted by molar-refractivity contribution is 5.84. The van der Waals surface area contributed by atoms with Crippen molar-refractivity contribution in [1.29, 1.82) is 0 Å². The van der Waals surface area contributed by atoms with E-state index in [0.29, 0.717) is 6.61 Å². The number of esters is 1. The Hall–Kier alpha value is -2.61. The van der Waals surface area contributed by atoms with Gasteiger partial charge in [0.25, 0.3) is 0 Å². The first kappa shape index (κ1) is 18.2. The number of carbonyl (C=O) groups is 1. The van der Waals surface area contributed by atoms with E-state index >= 15 is 0 Å². The second kappa shape index (κ2) is 9.19. The highest BCUT2D eigenvalue weighted by Gasteiger charge is 2.14. The molecule has 0 amide bonds. The molecule has 0 atom stereocenters. The van der Waals surface area contributed by atoms with Gasteiger partial charge in [0.1, 0.15) is 0 Å². The maximum atomic E-state index is 11.0. The van der Waals surface area contributed by atoms with Crippen molar-refractivity contribution in [3.63, 3.8) is 0 Å². The number of hydrogen-bond acceptors (Lipinski definition) is 2. The number of rotatable bonds is 8. The van der Waals surface area contributed by atoms with E-state index in [1.807, 2.05) is 0 Å². The molecule has 0 fully saturated rings. The van der Waals surface area contributed by atoms with Crippen LogP contribution in [0.3, 0.4) is 0 Å². The first-order valence-electron chi connectivity index (χ1n) is 9.44. The predicted molar refractivity (Wildman–Crippen MR) is 108 cm³/mol. The monoisotopic (exact) mass is 346 g/mol. The Kier molecular flexibility index (Phi) is 6.43. The van der Waals surface area contributed by atoms with Gasteiger partial charge in [-0.2, -0.15) is 0 Å². The van der Waals surface area contributed by atoms with Crippen LogP contribution in [0.5, 0.6) is 0 Å². The molecule has 0 aliphatic heterocycles. The topological polar surface area (TPSA) is 26.3 Å². The molecule has 0 heterocycles. The Labute approximate surface area is 156 Å². The molecule has 0 spiro atoms. The molecule has 1 aliphatic rings. The van der Waals surface area contributed by atoms with Crippen molar-refractivity contribution in [2.75, 3.05) is 6.61 Å². The highest BCUT2D eigenvalue weighted by atomic mass is 16.5. The number of allylic oxidation sites excluding steroid dienone is 1. The minimum atomic E-state index is -0.330. The molecule has 3 rings (SSSR count). The molecule has 0 bridgehead atoms. The smallest absolute Gasteiger partial charge is 0.330 e. The van der Waals surface area contributed by atoms with E-state index in [9.17, 15) is 4.79 Å². The molecule has 0 saturated heterocycles. The number of carbonyl (C=O) groups excluding carboxylic acids is 1. The molecular weight excluding hydrogens is 320 g/mol. The third-order valence-corrected chi connectivity index (χ3v) is 4.93. The maximum absolute atomic E-state index is 11.0. The van der Waals surface area contributed by atoms with Crippen molar-refractivity contribution in [1.82, 2.24) is 0 Å². The Morgan fingerprint density at radius 3 is 2.65 bits per heavy atom. The summed E-state index contributed by atoms with van der Waals surface area (Å²) in [6, 6.07) is 17.3. The molecule has 0 aromatic heterocycles. The van der Waals surface area contributed by atoms with Crippen LogP contribution in [0, 0.1) is 0 Å². The zero-order chi connectivity index (χ0) is 18.2. The average Bonchev–Trinajstić information content (AvgIpc) is 2.70. The zero-order valence-corrected chi connectivity index (χ0v) is 15.2. The van der Waals surface area contributed by atoms with E-state index < -0.39 is 0 Å². The first-order valence-corrected chi connectivity index (χ1v) is 9.44. The second-order valence-corrected chi connectivity index (χ2v) is 6.70. The van der Waals surface area contributed by atoms with Crippen LogP contribution >= 0.6 is 0 Å². The van der Waals surface area contributed by atoms with E-state index in [2.05, 4.69) is 61.2 Å². The summed E-state index contributed by atoms with van der Waals surface area (Å²) in [5, 5.41) is 0. The van der Waals surface area contributed by atoms with Gasteiger partial charge in [-0.05, 0) is 66.4 Å². The van der Waals surface area contributed by atoms with Crippen LogP contribution in [0.4, 0.5) is 0 Å². The predicted octanol–water partition coefficient (Wildman–Crippen LogP) is 5.62. The molecule has 0 saturated carbocycles. The molecule has 26 heavy (non-hydrogen) atoms. The van der Waals surface area contributed by atoms with Gasteiger partial charge in [-0.1, -0.05) is 61.2 Å². The molecule has 2 nitrogen and oxygen atoms in total. The van der Waals surface area contributed by atoms with E-state index in [-0.39, 0.29) is 5.97 Å². The third-order valence-electron chi connectivity index (χ3n) is 4.93. The van der Waals surface area contributed by atoms with Gasteiger partial charge in [0.15, 0.2) is 0 Å². The van der Waals surface area contributed by atoms with Crippen molar-refractivity contribution in [2.24, 2.45) is 0 Å². The maximum Gasteiger partial charge on any atom is 0.330 e. The van der Waals surface area contributed by atoms with Crippen molar-refractivity contribution < 1.29 is 9.53 Å². The summed E-state index contributed by atoms with van der Waals surface area (Å²) in [5.41, 5.74) is 7.10. The standard InChI is InChI=1S/C24H26O2/c1-2-24(25)26-17-8-4-7-12-20-13-9-14-22-18-21(15-16-23(20)22)19-10-5-3-6-11-19/h2-3,5-6,9-11,13-14,18H,1,4,7-8,12,15-17H2. The fraction of sp³-hybridized carbons (Fsp3) is 0.292. The Balaban J connectivity index is 1.57. The minimum Gasteiger partial charge on any atom is -0.463 e. The summed E-state index contributed by atoms with van der Waals surface area (Å²) in [6.45, 7) is 3.89. The van der Waals surface area contributed by atoms with Gasteiger partial charge in [-0.15, -0.1) is 0 Å². The third kappa shape index (κ3) is 4.72. The largest absolute Gasteiger partial charge is 0.463 e. The second-order valence-electron chi connectivity index (χ2n) is 6.70. The van der Waals surface area contributed by atoms with E-state index in [0.717, 1.165) is 38.5 Å². The quantitative estimate of drug-likeness (QED) is 0.352. The Bertz CT molecular complexity index is 787. The molecule has 0 N–H and O–H groups in total. The molecule has 134 valence electrons. The first-order chi connectivity index (χ1) is 12.8. The van der Waals surface area contributed by atoms with Crippen molar-refractivity contribution in [2.45, 2.75) is 38.5 Å². The molecular formula is C24H26O2. The molecule has 2 heteroatoms. The van der Waals surface area contributed by atoms with Crippen LogP contribution in [-0.2, 0) is 22.4 Å². The normalized spacial score (nSPS) is 12.8. The zero-order valence-electron chi connectivity index (χ0n) is 15.2. The Morgan fingerprint density at radius 2 is 1.85 bits per heavy atom. The van der Waals surface area contributed by atoms with E-state index in [4.69, 9.17) is 4.74 Å². The van der Waals surface area contributed by atoms with E-state index in [1.165, 1.54) is 33.9 Å². The Morgan fingerprint density at radius 1 is 1.00 bits per heavy atom. The molecule has 0 radical (unpaired) electrons. The lowest BCUT2D eigenvalue weighted by Gasteiger charge is -2.20. The lowest BCUT2D eigenvalue weighted by Crippen LogP contribution is -2.04. The highest BCUT2D eigenvalue weighted by Crippen LogP contribution is 2.32. The number of unbranched alkanes of at least 4 members (excludes halogenated alkanes) is 2. The van der Waals surface area contributed by atoms with Gasteiger partial charge in [0, 0.05) is 6.08 Å². The van der Waals surface area contributed by atoms with Gasteiger partial charge >= 0.3 is 5.97 Å². The van der Waals surface area contributed by atoms with Crippen LogP contribution in [0.2, 0.25) is 0 Å². The molecule has 0 unspecified atom stereocenters. The van der Waals surface area contributed by atoms with Gasteiger partial charge in [0.2, 0.25) is 0 Å². The molecule has 1 aliphatic carbocycles. The fourth-order valence-corrected chi connectivity index (χ4v) is 3.55. The van der Waals surface area contributed by atoms with Crippen LogP contribution in [0.1, 0.15) is 47.9 Å². The fourth-order valence-electron chi connectivity index (χ4n) is 3.55. The van der Waals surface area contributed by atoms with Gasteiger partial charge in [-0.25, -0.2) is 4.79 Å². The van der Waals surface area contributed by atoms with Gasteiger partial charge < -0.3 is 4.74 Å². The summed E-state index contributed by atoms with van der Waals surface area (Å²) >= 11 is 0. The number of hydrogen-bond donors (Lipinski definition) is 0. The van der Waals surface area contributed by atoms with Crippen LogP contribution in [0.25, 0.3) is 11.6 Å². The lowest BCUT2D eigenvalue weighted by atomic mass is 9.85. The number of ether oxygens (including phenoxy) is 1. The molecule has 2 aromatic carbocycles. The van der Waals surface area contributed by atoms with E-state index in [1.54, 1.807) is 0 Å². The summed E-state index contributed by atoms with van der Waals surface area (Å²) in [4.78, 5) is 11.0. The van der Waals surface area contributed by atoms with Crippen molar-refractivity contribution in [3.8, 4) is 0 Å². The summed E-state index contributed by atoms with van der Waals surface area (Å²) in [7, 11) is 0. The van der Waals surface area contributed by atoms with Crippen molar-refractivity contribution >= 4 is 17.6 Å². The van der Waals surface area contributed by atoms with Gasteiger partial charge in [-0.3, -0.25) is 0 Å². The summed E-state index contributed by atoms with van der Waals surface area (Å²) < 4.78 is 5.02. The number of benzene rings is 2. The minimum absolute atomic E-state index is 0.330. The summed E-state index contributed by atoms with van der Waals surface area (Å²) in [6.07, 6.45) is 9.98. The van der Waals surface area contributed by atoms with Gasteiger partial charge in [0.05, 0.1) is 6.61 Å². The van der Waals surface area contributed by atoms with Crippen LogP contribution in [0.15, 0.2) is 61.2 Å². The van der Waals surface area contributed by atoms with Crippen LogP contribution < -0.4 is 0 Å². The van der Waals surface area contributed by atoms with Crippen molar-refractivity contribution in [3.05, 3.63) is 83.4 Å². The van der Waals surface area contributed by atoms with Crippen LogP contribution in [-0.4, -0.2) is 12.6 Å². The lowest BCUT2D eigenvalue weighted by molar-refractivity contribution is -0.137. The molecule has 2 aromatic rings. The number of fused-ring (bicyclic) bond motifs is 1. The average molecular weight is 346 g/mol. The SMILES string of the molecule is C=CC(=O)OCCCCCc1cccc2c1CCC(c1ccccc1)=C2.